The smallest absolute Gasteiger partial charge is 0.306 e. The predicted molar refractivity (Wildman–Crippen MR) is 77.4 cm³/mol. The molecule has 0 aromatic heterocycles. The summed E-state index contributed by atoms with van der Waals surface area (Å²) in [5, 5.41) is 0.783. The van der Waals surface area contributed by atoms with Crippen LogP contribution >= 0.6 is 11.6 Å². The van der Waals surface area contributed by atoms with E-state index in [4.69, 9.17) is 16.3 Å². The molecule has 0 unspecified atom stereocenters. The van der Waals surface area contributed by atoms with Crippen LogP contribution in [0.4, 0.5) is 0 Å². The van der Waals surface area contributed by atoms with Crippen molar-refractivity contribution in [3.05, 3.63) is 34.9 Å². The number of halogens is 1. The van der Waals surface area contributed by atoms with E-state index in [1.807, 2.05) is 19.1 Å². The molecule has 1 aromatic carbocycles. The van der Waals surface area contributed by atoms with Gasteiger partial charge in [-0.3, -0.25) is 4.79 Å². The van der Waals surface area contributed by atoms with E-state index in [1.54, 1.807) is 0 Å². The van der Waals surface area contributed by atoms with Gasteiger partial charge in [-0.15, -0.1) is 0 Å². The van der Waals surface area contributed by atoms with Crippen LogP contribution in [0.2, 0.25) is 5.02 Å². The number of benzene rings is 1. The van der Waals surface area contributed by atoms with Crippen LogP contribution in [0.1, 0.15) is 56.9 Å². The van der Waals surface area contributed by atoms with Crippen molar-refractivity contribution >= 4 is 17.6 Å². The van der Waals surface area contributed by atoms with Crippen LogP contribution in [0.5, 0.6) is 0 Å². The minimum Gasteiger partial charge on any atom is -0.462 e. The fraction of sp³-hybridized carbons (Fsp3) is 0.562. The number of carbonyl (C=O) groups is 1. The number of rotatable bonds is 4. The Kier molecular flexibility index (Phi) is 5.26. The third-order valence-electron chi connectivity index (χ3n) is 3.77. The van der Waals surface area contributed by atoms with E-state index in [0.717, 1.165) is 37.1 Å². The molecule has 0 spiro atoms. The molecule has 0 atom stereocenters. The first kappa shape index (κ1) is 14.4. The highest BCUT2D eigenvalue weighted by Gasteiger charge is 2.24. The normalized spacial score (nSPS) is 23.1. The van der Waals surface area contributed by atoms with Crippen LogP contribution in [-0.4, -0.2) is 12.1 Å². The third kappa shape index (κ3) is 4.24. The molecule has 0 bridgehead atoms. The predicted octanol–water partition coefficient (Wildman–Crippen LogP) is 4.71. The zero-order chi connectivity index (χ0) is 13.7. The van der Waals surface area contributed by atoms with Crippen molar-refractivity contribution in [1.29, 1.82) is 0 Å². The standard InChI is InChI=1S/C16H21ClO2/c1-2-3-16(18)19-15-10-6-13(7-11-15)12-4-8-14(17)9-5-12/h4-5,8-9,13,15H,2-3,6-7,10-11H2,1H3. The second-order valence-corrected chi connectivity index (χ2v) is 5.70. The maximum absolute atomic E-state index is 11.5. The molecule has 0 radical (unpaired) electrons. The zero-order valence-corrected chi connectivity index (χ0v) is 12.2. The number of hydrogen-bond acceptors (Lipinski definition) is 2. The molecular weight excluding hydrogens is 260 g/mol. The summed E-state index contributed by atoms with van der Waals surface area (Å²) in [5.41, 5.74) is 1.35. The Morgan fingerprint density at radius 2 is 1.84 bits per heavy atom. The van der Waals surface area contributed by atoms with Gasteiger partial charge in [0.1, 0.15) is 6.10 Å². The van der Waals surface area contributed by atoms with Gasteiger partial charge in [0.25, 0.3) is 0 Å². The summed E-state index contributed by atoms with van der Waals surface area (Å²) in [6.45, 7) is 2.00. The Balaban J connectivity index is 1.82. The average molecular weight is 281 g/mol. The molecule has 2 rings (SSSR count). The van der Waals surface area contributed by atoms with Crippen LogP contribution in [0.25, 0.3) is 0 Å². The van der Waals surface area contributed by atoms with Gasteiger partial charge >= 0.3 is 5.97 Å². The number of esters is 1. The molecule has 1 fully saturated rings. The highest BCUT2D eigenvalue weighted by atomic mass is 35.5. The fourth-order valence-electron chi connectivity index (χ4n) is 2.70. The molecule has 3 heteroatoms. The van der Waals surface area contributed by atoms with Gasteiger partial charge in [0.05, 0.1) is 0 Å². The molecule has 1 aromatic rings. The molecule has 0 aliphatic heterocycles. The SMILES string of the molecule is CCCC(=O)OC1CCC(c2ccc(Cl)cc2)CC1. The van der Waals surface area contributed by atoms with Gasteiger partial charge in [0.15, 0.2) is 0 Å². The van der Waals surface area contributed by atoms with Crippen molar-refractivity contribution in [1.82, 2.24) is 0 Å². The first-order valence-corrected chi connectivity index (χ1v) is 7.51. The molecule has 0 N–H and O–H groups in total. The number of ether oxygens (including phenoxy) is 1. The Hall–Kier alpha value is -1.02. The van der Waals surface area contributed by atoms with Gasteiger partial charge in [0.2, 0.25) is 0 Å². The van der Waals surface area contributed by atoms with Crippen LogP contribution in [0, 0.1) is 0 Å². The quantitative estimate of drug-likeness (QED) is 0.747. The maximum Gasteiger partial charge on any atom is 0.306 e. The Labute approximate surface area is 120 Å². The van der Waals surface area contributed by atoms with Crippen molar-refractivity contribution in [3.63, 3.8) is 0 Å². The second-order valence-electron chi connectivity index (χ2n) is 5.27. The molecule has 0 amide bonds. The van der Waals surface area contributed by atoms with Crippen LogP contribution in [0.15, 0.2) is 24.3 Å². The molecule has 0 heterocycles. The lowest BCUT2D eigenvalue weighted by Gasteiger charge is -2.28. The van der Waals surface area contributed by atoms with E-state index in [2.05, 4.69) is 12.1 Å². The minimum absolute atomic E-state index is 0.0440. The van der Waals surface area contributed by atoms with Crippen LogP contribution in [-0.2, 0) is 9.53 Å². The van der Waals surface area contributed by atoms with Gasteiger partial charge in [-0.1, -0.05) is 30.7 Å². The monoisotopic (exact) mass is 280 g/mol. The van der Waals surface area contributed by atoms with E-state index < -0.39 is 0 Å². The largest absolute Gasteiger partial charge is 0.462 e. The molecule has 19 heavy (non-hydrogen) atoms. The Morgan fingerprint density at radius 3 is 2.42 bits per heavy atom. The van der Waals surface area contributed by atoms with Crippen molar-refractivity contribution < 1.29 is 9.53 Å². The third-order valence-corrected chi connectivity index (χ3v) is 4.02. The van der Waals surface area contributed by atoms with Gasteiger partial charge < -0.3 is 4.74 Å². The van der Waals surface area contributed by atoms with Crippen LogP contribution < -0.4 is 0 Å². The highest BCUT2D eigenvalue weighted by molar-refractivity contribution is 6.30. The molecule has 1 aliphatic carbocycles. The van der Waals surface area contributed by atoms with E-state index in [0.29, 0.717) is 12.3 Å². The lowest BCUT2D eigenvalue weighted by molar-refractivity contribution is -0.150. The van der Waals surface area contributed by atoms with Crippen molar-refractivity contribution in [2.75, 3.05) is 0 Å². The zero-order valence-electron chi connectivity index (χ0n) is 11.4. The molecule has 0 saturated heterocycles. The summed E-state index contributed by atoms with van der Waals surface area (Å²) >= 11 is 5.90. The topological polar surface area (TPSA) is 26.3 Å². The minimum atomic E-state index is -0.0440. The summed E-state index contributed by atoms with van der Waals surface area (Å²) in [7, 11) is 0. The fourth-order valence-corrected chi connectivity index (χ4v) is 2.82. The Bertz CT molecular complexity index is 405. The van der Waals surface area contributed by atoms with Gasteiger partial charge in [0, 0.05) is 11.4 Å². The lowest BCUT2D eigenvalue weighted by atomic mass is 9.83. The summed E-state index contributed by atoms with van der Waals surface area (Å²) in [5.74, 6) is 0.538. The second kappa shape index (κ2) is 6.95. The maximum atomic E-state index is 11.5. The number of hydrogen-bond donors (Lipinski definition) is 0. The summed E-state index contributed by atoms with van der Waals surface area (Å²) in [6, 6.07) is 8.11. The molecule has 1 saturated carbocycles. The van der Waals surface area contributed by atoms with Gasteiger partial charge in [-0.25, -0.2) is 0 Å². The Morgan fingerprint density at radius 1 is 1.21 bits per heavy atom. The van der Waals surface area contributed by atoms with Crippen molar-refractivity contribution in [2.45, 2.75) is 57.5 Å². The lowest BCUT2D eigenvalue weighted by Crippen LogP contribution is -2.23. The van der Waals surface area contributed by atoms with E-state index in [9.17, 15) is 4.79 Å². The first-order valence-electron chi connectivity index (χ1n) is 7.14. The van der Waals surface area contributed by atoms with Gasteiger partial charge in [-0.2, -0.15) is 0 Å². The van der Waals surface area contributed by atoms with Crippen molar-refractivity contribution in [2.24, 2.45) is 0 Å². The molecular formula is C16H21ClO2. The molecule has 2 nitrogen and oxygen atoms in total. The van der Waals surface area contributed by atoms with E-state index >= 15 is 0 Å². The summed E-state index contributed by atoms with van der Waals surface area (Å²) in [4.78, 5) is 11.5. The molecule has 104 valence electrons. The highest BCUT2D eigenvalue weighted by Crippen LogP contribution is 2.34. The molecule has 1 aliphatic rings. The first-order chi connectivity index (χ1) is 9.19. The summed E-state index contributed by atoms with van der Waals surface area (Å²) in [6.07, 6.45) is 5.65. The summed E-state index contributed by atoms with van der Waals surface area (Å²) < 4.78 is 5.47. The van der Waals surface area contributed by atoms with E-state index in [-0.39, 0.29) is 12.1 Å². The van der Waals surface area contributed by atoms with Crippen molar-refractivity contribution in [3.8, 4) is 0 Å². The van der Waals surface area contributed by atoms with E-state index in [1.165, 1.54) is 5.56 Å². The average Bonchev–Trinajstić information content (AvgIpc) is 2.41. The van der Waals surface area contributed by atoms with Crippen LogP contribution in [0.3, 0.4) is 0 Å². The number of carbonyl (C=O) groups excluding carboxylic acids is 1. The van der Waals surface area contributed by atoms with Gasteiger partial charge in [-0.05, 0) is 55.7 Å².